The average Bonchev–Trinajstić information content (AvgIpc) is 3.98. The van der Waals surface area contributed by atoms with E-state index in [1.54, 1.807) is 23.5 Å². The van der Waals surface area contributed by atoms with Crippen LogP contribution < -0.4 is 31.9 Å². The van der Waals surface area contributed by atoms with Gasteiger partial charge in [-0.3, -0.25) is 19.2 Å². The zero-order valence-electron chi connectivity index (χ0n) is 43.2. The van der Waals surface area contributed by atoms with Crippen LogP contribution in [0.2, 0.25) is 0 Å². The molecule has 2 unspecified atom stereocenters. The summed E-state index contributed by atoms with van der Waals surface area (Å²) in [7, 11) is 3.68. The molecule has 4 fully saturated rings. The monoisotopic (exact) mass is 1120 g/mol. The molecule has 0 bridgehead atoms. The van der Waals surface area contributed by atoms with Crippen LogP contribution in [0, 0.1) is 10.8 Å². The van der Waals surface area contributed by atoms with Gasteiger partial charge in [0.05, 0.1) is 83.5 Å². The molecule has 12 atom stereocenters. The Kier molecular flexibility index (Phi) is 20.8. The fourth-order valence-electron chi connectivity index (χ4n) is 11.4. The molecule has 4 saturated heterocycles. The highest BCUT2D eigenvalue weighted by Crippen LogP contribution is 2.48. The number of nitrogens with one attached hydrogen (secondary N) is 6. The molecule has 6 aliphatic rings. The number of thiocarbonyl (C=S) groups is 2. The van der Waals surface area contributed by atoms with Crippen LogP contribution in [0.15, 0.2) is 48.5 Å². The van der Waals surface area contributed by atoms with Gasteiger partial charge in [-0.25, -0.2) is 0 Å². The summed E-state index contributed by atoms with van der Waals surface area (Å²) in [5, 5.41) is 19.4. The van der Waals surface area contributed by atoms with E-state index in [1.165, 1.54) is 0 Å². The third-order valence-corrected chi connectivity index (χ3v) is 18.9. The lowest BCUT2D eigenvalue weighted by Gasteiger charge is -2.35. The van der Waals surface area contributed by atoms with E-state index in [-0.39, 0.29) is 83.5 Å². The van der Waals surface area contributed by atoms with Crippen LogP contribution in [0.25, 0.3) is 0 Å². The Labute approximate surface area is 463 Å². The molecule has 0 spiro atoms. The number of ether oxygens (including phenoxy) is 3. The number of carbonyl (C=O) groups excluding carboxylic acids is 4. The van der Waals surface area contributed by atoms with Crippen LogP contribution in [0.1, 0.15) is 102 Å². The highest BCUT2D eigenvalue weighted by Gasteiger charge is 2.57. The van der Waals surface area contributed by atoms with Crippen molar-refractivity contribution in [2.45, 2.75) is 151 Å². The number of thioether (sulfide) groups is 2. The Hall–Kier alpha value is -2.82. The molecular formula is C52H76Cl2N8O7S4. The Morgan fingerprint density at radius 1 is 0.644 bits per heavy atom. The maximum atomic E-state index is 14.6. The first-order chi connectivity index (χ1) is 33.9. The first-order valence-electron chi connectivity index (χ1n) is 25.3. The lowest BCUT2D eigenvalue weighted by atomic mass is 9.83. The number of hydrogen-bond acceptors (Lipinski definition) is 13. The van der Waals surface area contributed by atoms with Gasteiger partial charge in [-0.2, -0.15) is 0 Å². The van der Waals surface area contributed by atoms with Crippen molar-refractivity contribution in [2.24, 2.45) is 10.8 Å². The molecule has 2 aromatic carbocycles. The van der Waals surface area contributed by atoms with Gasteiger partial charge in [-0.1, -0.05) is 101 Å². The quantitative estimate of drug-likeness (QED) is 0.0826. The number of carbonyl (C=O) groups is 4. The van der Waals surface area contributed by atoms with Crippen molar-refractivity contribution < 1.29 is 33.4 Å². The molecule has 21 heteroatoms. The van der Waals surface area contributed by atoms with Crippen molar-refractivity contribution in [1.82, 2.24) is 41.7 Å². The number of likely N-dealkylation sites (N-methyl/N-ethyl adjacent to an activating group) is 2. The SMILES string of the molecule is CNC(C)C(=S)N[C@H]1CCS[C@H]2CC(C)(C)[C@@H](C(=O)N[C@H]3c4ccccc4C[C@H]3OCCOCCO[C@@H]3Cc4ccccc4[C@@H]3NC(=O)[C@H]3N4C(=O)[C@@H](NC(=S)C(C)NC)CCS[C@H]4CC3(C)C)N2C1=O.Cl.Cl. The number of amides is 4. The molecule has 73 heavy (non-hydrogen) atoms. The van der Waals surface area contributed by atoms with Crippen molar-refractivity contribution in [3.8, 4) is 0 Å². The van der Waals surface area contributed by atoms with Crippen molar-refractivity contribution in [2.75, 3.05) is 52.0 Å². The van der Waals surface area contributed by atoms with Gasteiger partial charge in [0.25, 0.3) is 0 Å². The number of hydrogen-bond donors (Lipinski definition) is 6. The molecule has 2 aliphatic carbocycles. The summed E-state index contributed by atoms with van der Waals surface area (Å²) in [6.45, 7) is 13.5. The molecule has 15 nitrogen and oxygen atoms in total. The Balaban J connectivity index is 0.00000435. The van der Waals surface area contributed by atoms with Crippen LogP contribution in [-0.4, -0.2) is 155 Å². The van der Waals surface area contributed by atoms with Crippen molar-refractivity contribution in [1.29, 1.82) is 0 Å². The lowest BCUT2D eigenvalue weighted by Crippen LogP contribution is -2.58. The molecule has 0 radical (unpaired) electrons. The van der Waals surface area contributed by atoms with E-state index in [0.29, 0.717) is 74.9 Å². The number of nitrogens with zero attached hydrogens (tertiary/aromatic N) is 2. The Morgan fingerprint density at radius 2 is 1.03 bits per heavy atom. The number of rotatable bonds is 18. The number of fused-ring (bicyclic) bond motifs is 4. The Morgan fingerprint density at radius 3 is 1.41 bits per heavy atom. The van der Waals surface area contributed by atoms with Gasteiger partial charge in [0.15, 0.2) is 0 Å². The van der Waals surface area contributed by atoms with Gasteiger partial charge in [-0.15, -0.1) is 48.3 Å². The topological polar surface area (TPSA) is 175 Å². The minimum absolute atomic E-state index is 0. The summed E-state index contributed by atoms with van der Waals surface area (Å²) in [5.41, 5.74) is 3.35. The first kappa shape index (κ1) is 59.4. The number of halogens is 2. The van der Waals surface area contributed by atoms with Crippen molar-refractivity contribution >= 4 is 106 Å². The predicted octanol–water partition coefficient (Wildman–Crippen LogP) is 5.41. The van der Waals surface area contributed by atoms with Crippen molar-refractivity contribution in [3.05, 3.63) is 70.8 Å². The van der Waals surface area contributed by atoms with Gasteiger partial charge < -0.3 is 55.9 Å². The lowest BCUT2D eigenvalue weighted by molar-refractivity contribution is -0.143. The third-order valence-electron chi connectivity index (χ3n) is 15.5. The molecule has 404 valence electrons. The van der Waals surface area contributed by atoms with Crippen LogP contribution in [0.3, 0.4) is 0 Å². The molecular weight excluding hydrogens is 1050 g/mol. The Bertz CT molecular complexity index is 2160. The van der Waals surface area contributed by atoms with Crippen LogP contribution in [0.4, 0.5) is 0 Å². The fourth-order valence-corrected chi connectivity index (χ4v) is 15.1. The summed E-state index contributed by atoms with van der Waals surface area (Å²) in [4.78, 5) is 62.7. The van der Waals surface area contributed by atoms with Gasteiger partial charge in [0.1, 0.15) is 24.2 Å². The standard InChI is InChI=1S/C52H74N8O7S4.2ClH/c1-29(53-7)47(68)55-35-17-23-70-39-27-51(3,4)43(59(39)49(35)63)45(61)57-41-33-15-11-9-13-31(33)25-37(41)66-21-19-65-20-22-67-38-26-32-14-10-12-16-34(32)42(38)58-46(62)44-52(5,6)28-40-60(44)50(64)36(18-24-71-40)56-48(69)30(2)54-8;;/h9-16,29-30,35-44,53-54H,17-28H2,1-8H3,(H,55,68)(H,56,69)(H,57,61)(H,58,62);2*1H/t29?,30?,35-,36-,37+,38+,39-,40-,41-,42-,43+,44+;;/m0../s1. The highest BCUT2D eigenvalue weighted by atomic mass is 35.5. The zero-order chi connectivity index (χ0) is 50.8. The van der Waals surface area contributed by atoms with Crippen LogP contribution in [-0.2, 0) is 46.2 Å². The summed E-state index contributed by atoms with van der Waals surface area (Å²) in [5.74, 6) is 1.03. The first-order valence-corrected chi connectivity index (χ1v) is 28.3. The van der Waals surface area contributed by atoms with E-state index in [1.807, 2.05) is 74.1 Å². The van der Waals surface area contributed by atoms with E-state index < -0.39 is 47.1 Å². The smallest absolute Gasteiger partial charge is 0.246 e. The van der Waals surface area contributed by atoms with Gasteiger partial charge in [0, 0.05) is 12.8 Å². The molecule has 0 aromatic heterocycles. The summed E-state index contributed by atoms with van der Waals surface area (Å²) < 4.78 is 19.1. The minimum atomic E-state index is -0.667. The second-order valence-corrected chi connectivity index (χ2v) is 24.7. The van der Waals surface area contributed by atoms with E-state index in [4.69, 9.17) is 38.6 Å². The van der Waals surface area contributed by atoms with Crippen LogP contribution in [0.5, 0.6) is 0 Å². The molecule has 4 heterocycles. The molecule has 6 N–H and O–H groups in total. The molecule has 4 amide bonds. The molecule has 8 rings (SSSR count). The van der Waals surface area contributed by atoms with Gasteiger partial charge in [0.2, 0.25) is 23.6 Å². The average molecular weight is 1120 g/mol. The maximum Gasteiger partial charge on any atom is 0.246 e. The normalized spacial score (nSPS) is 29.4. The van der Waals surface area contributed by atoms with Gasteiger partial charge in [-0.05, 0) is 98.2 Å². The fraction of sp³-hybridized carbons (Fsp3) is 0.654. The van der Waals surface area contributed by atoms with E-state index in [2.05, 4.69) is 71.7 Å². The molecule has 2 aromatic rings. The minimum Gasteiger partial charge on any atom is -0.377 e. The molecule has 4 aliphatic heterocycles. The largest absolute Gasteiger partial charge is 0.377 e. The van der Waals surface area contributed by atoms with Crippen molar-refractivity contribution in [3.63, 3.8) is 0 Å². The van der Waals surface area contributed by atoms with E-state index >= 15 is 0 Å². The summed E-state index contributed by atoms with van der Waals surface area (Å²) in [6, 6.07) is 12.9. The second kappa shape index (κ2) is 25.6. The van der Waals surface area contributed by atoms with Crippen LogP contribution >= 0.6 is 72.8 Å². The zero-order valence-corrected chi connectivity index (χ0v) is 48.1. The predicted molar refractivity (Wildman–Crippen MR) is 303 cm³/mol. The summed E-state index contributed by atoms with van der Waals surface area (Å²) in [6.07, 6.45) is 3.29. The third kappa shape index (κ3) is 13.0. The number of benzene rings is 2. The van der Waals surface area contributed by atoms with Gasteiger partial charge >= 0.3 is 0 Å². The maximum absolute atomic E-state index is 14.6. The summed E-state index contributed by atoms with van der Waals surface area (Å²) >= 11 is 14.7. The van der Waals surface area contributed by atoms with E-state index in [9.17, 15) is 19.2 Å². The highest BCUT2D eigenvalue weighted by molar-refractivity contribution is 8.00. The second-order valence-electron chi connectivity index (χ2n) is 21.3. The van der Waals surface area contributed by atoms with E-state index in [0.717, 1.165) is 33.8 Å². The molecule has 0 saturated carbocycles.